The summed E-state index contributed by atoms with van der Waals surface area (Å²) in [5.74, 6) is -1.11. The molecule has 0 saturated heterocycles. The number of benzene rings is 1. The number of nitrogens with two attached hydrogens (primary N) is 1. The van der Waals surface area contributed by atoms with Gasteiger partial charge in [-0.05, 0) is 36.3 Å². The first-order chi connectivity index (χ1) is 10.8. The van der Waals surface area contributed by atoms with Gasteiger partial charge >= 0.3 is 5.97 Å². The van der Waals surface area contributed by atoms with Gasteiger partial charge in [0.05, 0.1) is 0 Å². The van der Waals surface area contributed by atoms with Gasteiger partial charge in [0.15, 0.2) is 11.6 Å². The third-order valence-electron chi connectivity index (χ3n) is 5.59. The molecule has 2 bridgehead atoms. The summed E-state index contributed by atoms with van der Waals surface area (Å²) in [5.41, 5.74) is 4.47. The van der Waals surface area contributed by atoms with E-state index in [2.05, 4.69) is 5.16 Å². The van der Waals surface area contributed by atoms with Gasteiger partial charge in [-0.1, -0.05) is 31.1 Å². The van der Waals surface area contributed by atoms with E-state index in [9.17, 15) is 14.0 Å². The minimum atomic E-state index is -1.14. The first kappa shape index (κ1) is 15.6. The second-order valence-corrected chi connectivity index (χ2v) is 6.86. The Kier molecular flexibility index (Phi) is 3.50. The van der Waals surface area contributed by atoms with Gasteiger partial charge in [0.2, 0.25) is 0 Å². The number of carbonyl (C=O) groups excluding carboxylic acids is 2. The van der Waals surface area contributed by atoms with Crippen molar-refractivity contribution in [2.24, 2.45) is 27.6 Å². The maximum absolute atomic E-state index is 13.2. The summed E-state index contributed by atoms with van der Waals surface area (Å²) in [7, 11) is 0. The van der Waals surface area contributed by atoms with E-state index in [-0.39, 0.29) is 17.5 Å². The van der Waals surface area contributed by atoms with Crippen LogP contribution >= 0.6 is 0 Å². The molecule has 3 rings (SSSR count). The molecule has 0 aromatic heterocycles. The molecule has 2 aliphatic carbocycles. The van der Waals surface area contributed by atoms with E-state index in [1.54, 1.807) is 6.07 Å². The van der Waals surface area contributed by atoms with Crippen molar-refractivity contribution in [2.75, 3.05) is 0 Å². The molecule has 0 aliphatic heterocycles. The first-order valence-electron chi connectivity index (χ1n) is 7.63. The number of fused-ring (bicyclic) bond motifs is 2. The van der Waals surface area contributed by atoms with Gasteiger partial charge in [-0.25, -0.2) is 9.18 Å². The van der Waals surface area contributed by atoms with Gasteiger partial charge < -0.3 is 10.6 Å². The van der Waals surface area contributed by atoms with E-state index >= 15 is 0 Å². The van der Waals surface area contributed by atoms with Crippen molar-refractivity contribution in [1.82, 2.24) is 0 Å². The number of ketones is 1. The molecule has 0 heterocycles. The number of halogens is 1. The van der Waals surface area contributed by atoms with Crippen molar-refractivity contribution >= 4 is 17.6 Å². The fourth-order valence-electron chi connectivity index (χ4n) is 4.02. The molecule has 2 atom stereocenters. The van der Waals surface area contributed by atoms with E-state index in [4.69, 9.17) is 10.6 Å². The first-order valence-corrected chi connectivity index (χ1v) is 7.63. The zero-order valence-electron chi connectivity index (χ0n) is 13.1. The highest BCUT2D eigenvalue weighted by molar-refractivity contribution is 6.07. The van der Waals surface area contributed by atoms with Crippen molar-refractivity contribution in [1.29, 1.82) is 0 Å². The molecule has 5 nitrogen and oxygen atoms in total. The lowest BCUT2D eigenvalue weighted by atomic mass is 9.69. The van der Waals surface area contributed by atoms with Gasteiger partial charge in [-0.3, -0.25) is 4.79 Å². The monoisotopic (exact) mass is 318 g/mol. The van der Waals surface area contributed by atoms with Crippen LogP contribution in [0.4, 0.5) is 4.39 Å². The minimum Gasteiger partial charge on any atom is -0.380 e. The predicted octanol–water partition coefficient (Wildman–Crippen LogP) is 2.38. The van der Waals surface area contributed by atoms with Gasteiger partial charge in [0, 0.05) is 12.0 Å². The van der Waals surface area contributed by atoms with Crippen LogP contribution in [-0.2, 0) is 14.4 Å². The normalized spacial score (nSPS) is 28.9. The zero-order chi connectivity index (χ0) is 16.8. The van der Waals surface area contributed by atoms with E-state index in [1.165, 1.54) is 18.2 Å². The molecule has 6 heteroatoms. The molecular formula is C17H19FN2O3. The highest BCUT2D eigenvalue weighted by Gasteiger charge is 2.69. The Bertz CT molecular complexity index is 714. The molecule has 23 heavy (non-hydrogen) atoms. The maximum atomic E-state index is 13.2. The molecule has 0 spiro atoms. The van der Waals surface area contributed by atoms with Gasteiger partial charge in [-0.15, -0.1) is 0 Å². The van der Waals surface area contributed by atoms with Crippen LogP contribution in [0.15, 0.2) is 29.4 Å². The van der Waals surface area contributed by atoms with Gasteiger partial charge in [-0.2, -0.15) is 0 Å². The predicted molar refractivity (Wildman–Crippen MR) is 81.8 cm³/mol. The number of rotatable bonds is 3. The molecule has 1 aromatic carbocycles. The molecule has 2 aliphatic rings. The third kappa shape index (κ3) is 2.16. The Morgan fingerprint density at radius 1 is 1.43 bits per heavy atom. The van der Waals surface area contributed by atoms with Gasteiger partial charge in [0.25, 0.3) is 0 Å². The number of Topliss-reactive ketones (excluding diaryl/α,β-unsaturated/α-hetero) is 1. The Balaban J connectivity index is 1.82. The zero-order valence-corrected chi connectivity index (χ0v) is 13.1. The van der Waals surface area contributed by atoms with Crippen molar-refractivity contribution in [3.05, 3.63) is 35.6 Å². The van der Waals surface area contributed by atoms with Crippen molar-refractivity contribution in [3.63, 3.8) is 0 Å². The number of nitrogens with zero attached hydrogens (tertiary/aromatic N) is 1. The largest absolute Gasteiger partial charge is 0.380 e. The topological polar surface area (TPSA) is 81.8 Å². The molecule has 0 amide bonds. The van der Waals surface area contributed by atoms with Crippen molar-refractivity contribution < 1.29 is 18.8 Å². The summed E-state index contributed by atoms with van der Waals surface area (Å²) in [5, 5.41) is 3.62. The molecule has 122 valence electrons. The summed E-state index contributed by atoms with van der Waals surface area (Å²) in [6, 6.07) is 5.52. The Labute approximate surface area is 133 Å². The van der Waals surface area contributed by atoms with Crippen LogP contribution in [0.3, 0.4) is 0 Å². The van der Waals surface area contributed by atoms with Crippen LogP contribution in [0.5, 0.6) is 0 Å². The average Bonchev–Trinajstić information content (AvgIpc) is 2.87. The number of hydrogen-bond acceptors (Lipinski definition) is 4. The molecule has 0 unspecified atom stereocenters. The summed E-state index contributed by atoms with van der Waals surface area (Å²) < 4.78 is 13.2. The highest BCUT2D eigenvalue weighted by Crippen LogP contribution is 2.64. The summed E-state index contributed by atoms with van der Waals surface area (Å²) in [4.78, 5) is 29.9. The molecule has 2 saturated carbocycles. The Morgan fingerprint density at radius 2 is 2.17 bits per heavy atom. The van der Waals surface area contributed by atoms with Crippen LogP contribution < -0.4 is 5.73 Å². The minimum absolute atomic E-state index is 0.0803. The van der Waals surface area contributed by atoms with Crippen LogP contribution in [0.25, 0.3) is 0 Å². The summed E-state index contributed by atoms with van der Waals surface area (Å²) >= 11 is 0. The average molecular weight is 318 g/mol. The van der Waals surface area contributed by atoms with Crippen LogP contribution in [0, 0.1) is 22.6 Å². The van der Waals surface area contributed by atoms with E-state index < -0.39 is 22.6 Å². The quantitative estimate of drug-likeness (QED) is 0.305. The lowest BCUT2D eigenvalue weighted by Crippen LogP contribution is -2.44. The SMILES string of the molecule is CC1(C)[C@@H]2CC[C@@]1(C(=O)O/N=C(\N)c1cccc(F)c1)C(=O)C2. The van der Waals surface area contributed by atoms with Gasteiger partial charge in [0.1, 0.15) is 11.2 Å². The lowest BCUT2D eigenvalue weighted by Gasteiger charge is -2.32. The molecule has 2 N–H and O–H groups in total. The Morgan fingerprint density at radius 3 is 2.74 bits per heavy atom. The second-order valence-electron chi connectivity index (χ2n) is 6.86. The van der Waals surface area contributed by atoms with Crippen molar-refractivity contribution in [2.45, 2.75) is 33.1 Å². The molecule has 0 radical (unpaired) electrons. The Hall–Kier alpha value is -2.24. The number of hydrogen-bond donors (Lipinski definition) is 1. The highest BCUT2D eigenvalue weighted by atomic mass is 19.1. The smallest absolute Gasteiger partial charge is 0.349 e. The van der Waals surface area contributed by atoms with Crippen LogP contribution in [0.1, 0.15) is 38.7 Å². The fraction of sp³-hybridized carbons (Fsp3) is 0.471. The fourth-order valence-corrected chi connectivity index (χ4v) is 4.02. The number of oxime groups is 1. The lowest BCUT2D eigenvalue weighted by molar-refractivity contribution is -0.164. The van der Waals surface area contributed by atoms with Crippen molar-refractivity contribution in [3.8, 4) is 0 Å². The summed E-state index contributed by atoms with van der Waals surface area (Å²) in [6.07, 6.45) is 1.72. The standard InChI is InChI=1S/C17H19FN2O3/c1-16(2)11-6-7-17(16,13(21)9-11)15(22)23-20-14(19)10-4-3-5-12(18)8-10/h3-5,8,11H,6-7,9H2,1-2H3,(H2,19,20)/t11-,17+/m1/s1. The third-order valence-corrected chi connectivity index (χ3v) is 5.59. The van der Waals surface area contributed by atoms with Crippen LogP contribution in [0.2, 0.25) is 0 Å². The molecule has 2 fully saturated rings. The van der Waals surface area contributed by atoms with E-state index in [0.29, 0.717) is 18.4 Å². The second kappa shape index (κ2) is 5.15. The maximum Gasteiger partial charge on any atom is 0.349 e. The van der Waals surface area contributed by atoms with E-state index in [0.717, 1.165) is 6.42 Å². The van der Waals surface area contributed by atoms with Crippen LogP contribution in [-0.4, -0.2) is 17.6 Å². The molecule has 1 aromatic rings. The summed E-state index contributed by atoms with van der Waals surface area (Å²) in [6.45, 7) is 3.85. The van der Waals surface area contributed by atoms with E-state index in [1.807, 2.05) is 13.8 Å². The number of carbonyl (C=O) groups is 2. The molecular weight excluding hydrogens is 299 g/mol. The number of amidine groups is 1.